The van der Waals surface area contributed by atoms with E-state index in [0.29, 0.717) is 29.5 Å². The molecule has 0 aliphatic rings. The molecule has 2 aromatic rings. The predicted molar refractivity (Wildman–Crippen MR) is 107 cm³/mol. The molecule has 2 rings (SSSR count). The summed E-state index contributed by atoms with van der Waals surface area (Å²) in [6, 6.07) is 11.1. The summed E-state index contributed by atoms with van der Waals surface area (Å²) in [5.74, 6) is 0.679. The number of anilines is 1. The molecule has 28 heavy (non-hydrogen) atoms. The molecule has 2 amide bonds. The Bertz CT molecular complexity index is 825. The Kier molecular flexibility index (Phi) is 7.26. The van der Waals surface area contributed by atoms with Crippen LogP contribution in [0, 0.1) is 6.92 Å². The van der Waals surface area contributed by atoms with Crippen LogP contribution in [0.3, 0.4) is 0 Å². The number of nitrogens with zero attached hydrogens (tertiary/aromatic N) is 1. The van der Waals surface area contributed by atoms with Gasteiger partial charge in [0.25, 0.3) is 0 Å². The van der Waals surface area contributed by atoms with Crippen molar-refractivity contribution in [1.82, 2.24) is 5.32 Å². The molecule has 0 heterocycles. The minimum absolute atomic E-state index is 0.125. The van der Waals surface area contributed by atoms with Crippen LogP contribution in [-0.2, 0) is 16.1 Å². The average Bonchev–Trinajstić information content (AvgIpc) is 2.69. The third-order valence-electron chi connectivity index (χ3n) is 4.22. The first-order valence-corrected chi connectivity index (χ1v) is 8.80. The second-order valence-electron chi connectivity index (χ2n) is 6.25. The number of amides is 2. The normalized spacial score (nSPS) is 10.2. The number of hydrogen-bond donors (Lipinski definition) is 1. The first-order chi connectivity index (χ1) is 13.4. The highest BCUT2D eigenvalue weighted by Crippen LogP contribution is 2.41. The van der Waals surface area contributed by atoms with Crippen molar-refractivity contribution in [3.63, 3.8) is 0 Å². The fraction of sp³-hybridized carbons (Fsp3) is 0.333. The van der Waals surface area contributed by atoms with Crippen LogP contribution in [0.2, 0.25) is 0 Å². The number of ether oxygens (including phenoxy) is 3. The van der Waals surface area contributed by atoms with Crippen molar-refractivity contribution in [3.05, 3.63) is 47.5 Å². The number of methoxy groups -OCH3 is 3. The summed E-state index contributed by atoms with van der Waals surface area (Å²) >= 11 is 0. The van der Waals surface area contributed by atoms with E-state index in [1.54, 1.807) is 12.1 Å². The monoisotopic (exact) mass is 386 g/mol. The van der Waals surface area contributed by atoms with Crippen molar-refractivity contribution in [2.45, 2.75) is 20.4 Å². The Morgan fingerprint density at radius 1 is 1.00 bits per heavy atom. The van der Waals surface area contributed by atoms with Crippen molar-refractivity contribution in [2.24, 2.45) is 0 Å². The van der Waals surface area contributed by atoms with E-state index in [2.05, 4.69) is 5.32 Å². The van der Waals surface area contributed by atoms with Crippen LogP contribution in [-0.4, -0.2) is 39.7 Å². The van der Waals surface area contributed by atoms with Gasteiger partial charge < -0.3 is 24.4 Å². The minimum atomic E-state index is -0.278. The van der Waals surface area contributed by atoms with Gasteiger partial charge in [-0.3, -0.25) is 9.59 Å². The Morgan fingerprint density at radius 3 is 2.14 bits per heavy atom. The van der Waals surface area contributed by atoms with Gasteiger partial charge in [-0.15, -0.1) is 0 Å². The van der Waals surface area contributed by atoms with Crippen LogP contribution < -0.4 is 24.4 Å². The summed E-state index contributed by atoms with van der Waals surface area (Å²) in [5.41, 5.74) is 2.60. The summed E-state index contributed by atoms with van der Waals surface area (Å²) < 4.78 is 16.0. The lowest BCUT2D eigenvalue weighted by atomic mass is 10.1. The summed E-state index contributed by atoms with van der Waals surface area (Å²) in [7, 11) is 4.49. The summed E-state index contributed by atoms with van der Waals surface area (Å²) in [6.07, 6.45) is 0. The zero-order chi connectivity index (χ0) is 20.7. The van der Waals surface area contributed by atoms with E-state index in [1.807, 2.05) is 31.2 Å². The van der Waals surface area contributed by atoms with Crippen molar-refractivity contribution in [3.8, 4) is 17.2 Å². The highest BCUT2D eigenvalue weighted by Gasteiger charge is 2.21. The van der Waals surface area contributed by atoms with Gasteiger partial charge in [0.1, 0.15) is 6.54 Å². The van der Waals surface area contributed by atoms with E-state index in [0.717, 1.165) is 11.1 Å². The maximum absolute atomic E-state index is 12.4. The molecule has 0 unspecified atom stereocenters. The molecule has 0 saturated heterocycles. The Labute approximate surface area is 165 Å². The topological polar surface area (TPSA) is 77.1 Å². The minimum Gasteiger partial charge on any atom is -0.493 e. The molecule has 0 bridgehead atoms. The van der Waals surface area contributed by atoms with Crippen LogP contribution in [0.15, 0.2) is 36.4 Å². The highest BCUT2D eigenvalue weighted by molar-refractivity contribution is 5.98. The summed E-state index contributed by atoms with van der Waals surface area (Å²) in [6.45, 7) is 3.66. The lowest BCUT2D eigenvalue weighted by Gasteiger charge is -2.23. The molecule has 0 saturated carbocycles. The molecule has 0 aliphatic heterocycles. The number of carbonyl (C=O) groups excluding carboxylic acids is 2. The molecule has 0 fully saturated rings. The SMILES string of the molecule is COc1cc(N(CC(=O)NCc2cccc(C)c2)C(C)=O)cc(OC)c1OC. The van der Waals surface area contributed by atoms with E-state index < -0.39 is 0 Å². The number of aryl methyl sites for hydroxylation is 1. The van der Waals surface area contributed by atoms with Gasteiger partial charge in [-0.25, -0.2) is 0 Å². The van der Waals surface area contributed by atoms with Gasteiger partial charge in [0.15, 0.2) is 11.5 Å². The molecule has 0 aromatic heterocycles. The molecule has 7 heteroatoms. The van der Waals surface area contributed by atoms with Gasteiger partial charge in [-0.1, -0.05) is 29.8 Å². The molecular formula is C21H26N2O5. The van der Waals surface area contributed by atoms with Crippen LogP contribution in [0.25, 0.3) is 0 Å². The molecular weight excluding hydrogens is 360 g/mol. The Morgan fingerprint density at radius 2 is 1.64 bits per heavy atom. The molecule has 1 N–H and O–H groups in total. The first-order valence-electron chi connectivity index (χ1n) is 8.80. The average molecular weight is 386 g/mol. The Balaban J connectivity index is 2.18. The number of benzene rings is 2. The highest BCUT2D eigenvalue weighted by atomic mass is 16.5. The number of rotatable bonds is 8. The maximum atomic E-state index is 12.4. The molecule has 0 spiro atoms. The number of hydrogen-bond acceptors (Lipinski definition) is 5. The third-order valence-corrected chi connectivity index (χ3v) is 4.22. The van der Waals surface area contributed by atoms with Crippen molar-refractivity contribution < 1.29 is 23.8 Å². The summed E-state index contributed by atoms with van der Waals surface area (Å²) in [5, 5.41) is 2.84. The molecule has 0 aliphatic carbocycles. The van der Waals surface area contributed by atoms with Crippen LogP contribution in [0.1, 0.15) is 18.1 Å². The number of nitrogens with one attached hydrogen (secondary N) is 1. The van der Waals surface area contributed by atoms with Crippen molar-refractivity contribution in [2.75, 3.05) is 32.8 Å². The van der Waals surface area contributed by atoms with Crippen LogP contribution >= 0.6 is 0 Å². The second-order valence-corrected chi connectivity index (χ2v) is 6.25. The molecule has 7 nitrogen and oxygen atoms in total. The standard InChI is InChI=1S/C21H26N2O5/c1-14-7-6-8-16(9-14)12-22-20(25)13-23(15(2)24)17-10-18(26-3)21(28-5)19(11-17)27-4/h6-11H,12-13H2,1-5H3,(H,22,25). The van der Waals surface area contributed by atoms with Gasteiger partial charge in [0.2, 0.25) is 17.6 Å². The first kappa shape index (κ1) is 21.1. The predicted octanol–water partition coefficient (Wildman–Crippen LogP) is 2.69. The molecule has 150 valence electrons. The second kappa shape index (κ2) is 9.64. The lowest BCUT2D eigenvalue weighted by molar-refractivity contribution is -0.123. The van der Waals surface area contributed by atoms with Crippen molar-refractivity contribution in [1.29, 1.82) is 0 Å². The van der Waals surface area contributed by atoms with E-state index in [9.17, 15) is 9.59 Å². The van der Waals surface area contributed by atoms with E-state index >= 15 is 0 Å². The fourth-order valence-corrected chi connectivity index (χ4v) is 2.83. The molecule has 0 radical (unpaired) electrons. The van der Waals surface area contributed by atoms with E-state index in [-0.39, 0.29) is 18.4 Å². The van der Waals surface area contributed by atoms with Crippen LogP contribution in [0.5, 0.6) is 17.2 Å². The van der Waals surface area contributed by atoms with E-state index in [1.165, 1.54) is 33.2 Å². The van der Waals surface area contributed by atoms with Crippen molar-refractivity contribution >= 4 is 17.5 Å². The zero-order valence-corrected chi connectivity index (χ0v) is 16.9. The van der Waals surface area contributed by atoms with Gasteiger partial charge in [0, 0.05) is 25.6 Å². The third kappa shape index (κ3) is 5.16. The Hall–Kier alpha value is -3.22. The quantitative estimate of drug-likeness (QED) is 0.755. The van der Waals surface area contributed by atoms with E-state index in [4.69, 9.17) is 14.2 Å². The van der Waals surface area contributed by atoms with Gasteiger partial charge >= 0.3 is 0 Å². The summed E-state index contributed by atoms with van der Waals surface area (Å²) in [4.78, 5) is 26.0. The van der Waals surface area contributed by atoms with Crippen LogP contribution in [0.4, 0.5) is 5.69 Å². The smallest absolute Gasteiger partial charge is 0.240 e. The number of carbonyl (C=O) groups is 2. The van der Waals surface area contributed by atoms with Gasteiger partial charge in [-0.05, 0) is 12.5 Å². The molecule has 2 aromatic carbocycles. The van der Waals surface area contributed by atoms with Gasteiger partial charge in [0.05, 0.1) is 27.0 Å². The van der Waals surface area contributed by atoms with Gasteiger partial charge in [-0.2, -0.15) is 0 Å². The zero-order valence-electron chi connectivity index (χ0n) is 16.9. The fourth-order valence-electron chi connectivity index (χ4n) is 2.83. The largest absolute Gasteiger partial charge is 0.493 e. The lowest BCUT2D eigenvalue weighted by Crippen LogP contribution is -2.39. The maximum Gasteiger partial charge on any atom is 0.240 e. The molecule has 0 atom stereocenters.